The van der Waals surface area contributed by atoms with Gasteiger partial charge in [-0.15, -0.1) is 0 Å². The van der Waals surface area contributed by atoms with Crippen LogP contribution >= 0.6 is 0 Å². The molecule has 0 amide bonds. The topological polar surface area (TPSA) is 18.5 Å². The van der Waals surface area contributed by atoms with Crippen molar-refractivity contribution in [3.63, 3.8) is 0 Å². The zero-order valence-electron chi connectivity index (χ0n) is 8.31. The van der Waals surface area contributed by atoms with E-state index in [1.807, 2.05) is 27.7 Å². The average Bonchev–Trinajstić information content (AvgIpc) is 1.84. The van der Waals surface area contributed by atoms with E-state index in [4.69, 9.17) is 9.31 Å². The van der Waals surface area contributed by atoms with Crippen LogP contribution in [0.5, 0.6) is 0 Å². The SMILES string of the molecule is CCOB(CC)OC(C)(C)C. The fraction of sp³-hybridized carbons (Fsp3) is 1.00. The highest BCUT2D eigenvalue weighted by Crippen LogP contribution is 2.11. The summed E-state index contributed by atoms with van der Waals surface area (Å²) in [5.74, 6) is 0. The van der Waals surface area contributed by atoms with Crippen molar-refractivity contribution in [3.8, 4) is 0 Å². The Morgan fingerprint density at radius 1 is 1.18 bits per heavy atom. The van der Waals surface area contributed by atoms with Crippen LogP contribution in [0, 0.1) is 0 Å². The summed E-state index contributed by atoms with van der Waals surface area (Å²) in [7, 11) is -0.0417. The maximum Gasteiger partial charge on any atom is 0.456 e. The third-order valence-corrected chi connectivity index (χ3v) is 1.17. The van der Waals surface area contributed by atoms with Crippen molar-refractivity contribution in [2.24, 2.45) is 0 Å². The summed E-state index contributed by atoms with van der Waals surface area (Å²) in [6, 6.07) is 0. The van der Waals surface area contributed by atoms with E-state index in [9.17, 15) is 0 Å². The fourth-order valence-electron chi connectivity index (χ4n) is 0.815. The lowest BCUT2D eigenvalue weighted by Gasteiger charge is -2.24. The third-order valence-electron chi connectivity index (χ3n) is 1.17. The van der Waals surface area contributed by atoms with Crippen molar-refractivity contribution in [3.05, 3.63) is 0 Å². The molecule has 66 valence electrons. The molecule has 0 unspecified atom stereocenters. The van der Waals surface area contributed by atoms with Gasteiger partial charge >= 0.3 is 7.12 Å². The molecule has 0 aliphatic carbocycles. The largest absolute Gasteiger partial charge is 0.456 e. The molecule has 0 spiro atoms. The summed E-state index contributed by atoms with van der Waals surface area (Å²) in [5, 5.41) is 0. The highest BCUT2D eigenvalue weighted by Gasteiger charge is 2.22. The van der Waals surface area contributed by atoms with Gasteiger partial charge in [-0.1, -0.05) is 6.92 Å². The van der Waals surface area contributed by atoms with Crippen LogP contribution in [0.15, 0.2) is 0 Å². The average molecular weight is 158 g/mol. The molecule has 0 aliphatic rings. The molecule has 0 atom stereocenters. The molecule has 0 rings (SSSR count). The summed E-state index contributed by atoms with van der Waals surface area (Å²) in [5.41, 5.74) is -0.101. The Kier molecular flexibility index (Phi) is 4.77. The van der Waals surface area contributed by atoms with Crippen LogP contribution in [-0.2, 0) is 9.31 Å². The monoisotopic (exact) mass is 158 g/mol. The van der Waals surface area contributed by atoms with Crippen molar-refractivity contribution < 1.29 is 9.31 Å². The summed E-state index contributed by atoms with van der Waals surface area (Å²) in [6.45, 7) is 10.9. The minimum atomic E-state index is -0.101. The molecule has 0 saturated heterocycles. The molecule has 0 fully saturated rings. The van der Waals surface area contributed by atoms with Gasteiger partial charge in [-0.25, -0.2) is 0 Å². The maximum absolute atomic E-state index is 5.61. The molecular formula is C8H19BO2. The van der Waals surface area contributed by atoms with E-state index in [0.717, 1.165) is 6.32 Å². The Balaban J connectivity index is 3.68. The molecule has 0 aromatic heterocycles. The first-order valence-corrected chi connectivity index (χ1v) is 4.29. The van der Waals surface area contributed by atoms with Gasteiger partial charge in [0, 0.05) is 12.2 Å². The summed E-state index contributed by atoms with van der Waals surface area (Å²) < 4.78 is 11.0. The Hall–Kier alpha value is -0.0151. The molecule has 0 aromatic rings. The first-order chi connectivity index (χ1) is 4.99. The van der Waals surface area contributed by atoms with Crippen molar-refractivity contribution in [1.29, 1.82) is 0 Å². The van der Waals surface area contributed by atoms with Gasteiger partial charge in [0.05, 0.1) is 0 Å². The van der Waals surface area contributed by atoms with Gasteiger partial charge in [0.1, 0.15) is 0 Å². The Morgan fingerprint density at radius 3 is 2.00 bits per heavy atom. The van der Waals surface area contributed by atoms with E-state index >= 15 is 0 Å². The maximum atomic E-state index is 5.61. The van der Waals surface area contributed by atoms with Gasteiger partial charge in [-0.05, 0) is 34.0 Å². The summed E-state index contributed by atoms with van der Waals surface area (Å²) in [4.78, 5) is 0. The van der Waals surface area contributed by atoms with Gasteiger partial charge in [0.2, 0.25) is 0 Å². The second kappa shape index (κ2) is 4.78. The predicted octanol–water partition coefficient (Wildman–Crippen LogP) is 2.35. The minimum absolute atomic E-state index is 0.0417. The molecule has 0 saturated carbocycles. The van der Waals surface area contributed by atoms with E-state index in [2.05, 4.69) is 6.92 Å². The van der Waals surface area contributed by atoms with Crippen LogP contribution in [0.1, 0.15) is 34.6 Å². The van der Waals surface area contributed by atoms with E-state index in [0.29, 0.717) is 6.61 Å². The first kappa shape index (κ1) is 11.0. The van der Waals surface area contributed by atoms with E-state index < -0.39 is 0 Å². The molecule has 0 N–H and O–H groups in total. The lowest BCUT2D eigenvalue weighted by molar-refractivity contribution is 0.0846. The molecular weight excluding hydrogens is 139 g/mol. The van der Waals surface area contributed by atoms with Gasteiger partial charge in [0.15, 0.2) is 0 Å². The number of hydrogen-bond donors (Lipinski definition) is 0. The van der Waals surface area contributed by atoms with Crippen LogP contribution in [-0.4, -0.2) is 19.3 Å². The molecule has 0 heterocycles. The number of hydrogen-bond acceptors (Lipinski definition) is 2. The smallest absolute Gasteiger partial charge is 0.411 e. The molecule has 0 radical (unpaired) electrons. The van der Waals surface area contributed by atoms with E-state index in [1.165, 1.54) is 0 Å². The summed E-state index contributed by atoms with van der Waals surface area (Å²) in [6.07, 6.45) is 0.908. The molecule has 2 nitrogen and oxygen atoms in total. The zero-order valence-corrected chi connectivity index (χ0v) is 8.31. The third kappa shape index (κ3) is 6.39. The molecule has 0 aromatic carbocycles. The molecule has 0 bridgehead atoms. The highest BCUT2D eigenvalue weighted by atomic mass is 16.6. The fourth-order valence-corrected chi connectivity index (χ4v) is 0.815. The van der Waals surface area contributed by atoms with Gasteiger partial charge < -0.3 is 9.31 Å². The second-order valence-corrected chi connectivity index (χ2v) is 3.52. The van der Waals surface area contributed by atoms with Crippen LogP contribution in [0.4, 0.5) is 0 Å². The predicted molar refractivity (Wildman–Crippen MR) is 48.7 cm³/mol. The Bertz CT molecular complexity index is 98.8. The van der Waals surface area contributed by atoms with Gasteiger partial charge in [0.25, 0.3) is 0 Å². The van der Waals surface area contributed by atoms with Crippen LogP contribution < -0.4 is 0 Å². The molecule has 0 aliphatic heterocycles. The Morgan fingerprint density at radius 2 is 1.73 bits per heavy atom. The van der Waals surface area contributed by atoms with Gasteiger partial charge in [-0.3, -0.25) is 0 Å². The highest BCUT2D eigenvalue weighted by molar-refractivity contribution is 6.44. The van der Waals surface area contributed by atoms with Crippen molar-refractivity contribution in [2.75, 3.05) is 6.61 Å². The molecule has 11 heavy (non-hydrogen) atoms. The Labute approximate surface area is 70.4 Å². The van der Waals surface area contributed by atoms with Crippen molar-refractivity contribution >= 4 is 7.12 Å². The lowest BCUT2D eigenvalue weighted by atomic mass is 9.84. The normalized spacial score (nSPS) is 11.7. The minimum Gasteiger partial charge on any atom is -0.411 e. The van der Waals surface area contributed by atoms with E-state index in [1.54, 1.807) is 0 Å². The van der Waals surface area contributed by atoms with Gasteiger partial charge in [-0.2, -0.15) is 0 Å². The quantitative estimate of drug-likeness (QED) is 0.584. The van der Waals surface area contributed by atoms with Crippen LogP contribution in [0.25, 0.3) is 0 Å². The number of rotatable bonds is 4. The van der Waals surface area contributed by atoms with E-state index in [-0.39, 0.29) is 12.7 Å². The van der Waals surface area contributed by atoms with Crippen LogP contribution in [0.2, 0.25) is 6.32 Å². The standard InChI is InChI=1S/C8H19BO2/c1-6-9(10-7-2)11-8(3,4)5/h6-7H2,1-5H3. The summed E-state index contributed by atoms with van der Waals surface area (Å²) >= 11 is 0. The zero-order chi connectivity index (χ0) is 8.91. The van der Waals surface area contributed by atoms with Crippen LogP contribution in [0.3, 0.4) is 0 Å². The van der Waals surface area contributed by atoms with Crippen molar-refractivity contribution in [2.45, 2.75) is 46.5 Å². The second-order valence-electron chi connectivity index (χ2n) is 3.52. The molecule has 3 heteroatoms. The lowest BCUT2D eigenvalue weighted by Crippen LogP contribution is -2.32. The first-order valence-electron chi connectivity index (χ1n) is 4.29. The van der Waals surface area contributed by atoms with Crippen molar-refractivity contribution in [1.82, 2.24) is 0 Å².